The zero-order valence-corrected chi connectivity index (χ0v) is 7.76. The summed E-state index contributed by atoms with van der Waals surface area (Å²) < 4.78 is 0. The standard InChI is InChI=1S/C7H18N2S/c1-8-4-3-5-9-6-7-10-2/h8-9H,3-7H2,1-2H3. The lowest BCUT2D eigenvalue weighted by Gasteiger charge is -2.01. The van der Waals surface area contributed by atoms with E-state index in [0.717, 1.165) is 19.6 Å². The topological polar surface area (TPSA) is 24.1 Å². The number of hydrogen-bond donors (Lipinski definition) is 2. The van der Waals surface area contributed by atoms with Gasteiger partial charge in [0.25, 0.3) is 0 Å². The molecule has 0 aromatic carbocycles. The van der Waals surface area contributed by atoms with Gasteiger partial charge in [-0.3, -0.25) is 0 Å². The van der Waals surface area contributed by atoms with E-state index < -0.39 is 0 Å². The van der Waals surface area contributed by atoms with Gasteiger partial charge in [0.1, 0.15) is 0 Å². The molecule has 0 aliphatic rings. The Kier molecular flexibility index (Phi) is 9.52. The van der Waals surface area contributed by atoms with Gasteiger partial charge < -0.3 is 10.6 Å². The molecule has 0 amide bonds. The van der Waals surface area contributed by atoms with E-state index in [1.165, 1.54) is 12.2 Å². The van der Waals surface area contributed by atoms with Crippen molar-refractivity contribution < 1.29 is 0 Å². The first-order chi connectivity index (χ1) is 4.91. The maximum Gasteiger partial charge on any atom is 0.00553 e. The van der Waals surface area contributed by atoms with Crippen molar-refractivity contribution in [3.05, 3.63) is 0 Å². The van der Waals surface area contributed by atoms with Crippen LogP contribution in [0.25, 0.3) is 0 Å². The largest absolute Gasteiger partial charge is 0.320 e. The molecule has 0 aliphatic heterocycles. The van der Waals surface area contributed by atoms with E-state index in [1.54, 1.807) is 0 Å². The summed E-state index contributed by atoms with van der Waals surface area (Å²) in [7, 11) is 1.99. The molecule has 0 heterocycles. The highest BCUT2D eigenvalue weighted by molar-refractivity contribution is 7.98. The quantitative estimate of drug-likeness (QED) is 0.535. The number of thioether (sulfide) groups is 1. The average Bonchev–Trinajstić information content (AvgIpc) is 1.97. The average molecular weight is 162 g/mol. The van der Waals surface area contributed by atoms with Crippen LogP contribution in [-0.4, -0.2) is 38.7 Å². The molecule has 2 nitrogen and oxygen atoms in total. The van der Waals surface area contributed by atoms with Crippen molar-refractivity contribution in [1.29, 1.82) is 0 Å². The van der Waals surface area contributed by atoms with Gasteiger partial charge in [0.2, 0.25) is 0 Å². The lowest BCUT2D eigenvalue weighted by Crippen LogP contribution is -2.21. The Labute approximate surface area is 68.2 Å². The normalized spacial score (nSPS) is 10.2. The Balaban J connectivity index is 2.65. The molecule has 62 valence electrons. The zero-order valence-electron chi connectivity index (χ0n) is 6.94. The second-order valence-corrected chi connectivity index (χ2v) is 3.19. The van der Waals surface area contributed by atoms with Crippen molar-refractivity contribution in [2.24, 2.45) is 0 Å². The molecule has 0 fully saturated rings. The third-order valence-corrected chi connectivity index (χ3v) is 1.88. The van der Waals surface area contributed by atoms with Crippen molar-refractivity contribution >= 4 is 11.8 Å². The van der Waals surface area contributed by atoms with Crippen LogP contribution in [0.2, 0.25) is 0 Å². The molecule has 0 aliphatic carbocycles. The summed E-state index contributed by atoms with van der Waals surface area (Å²) in [6.07, 6.45) is 3.36. The SMILES string of the molecule is CNCCCNCCSC. The Morgan fingerprint density at radius 2 is 2.00 bits per heavy atom. The summed E-state index contributed by atoms with van der Waals surface area (Å²) in [6, 6.07) is 0. The van der Waals surface area contributed by atoms with E-state index in [-0.39, 0.29) is 0 Å². The Bertz CT molecular complexity index is 51.6. The fourth-order valence-corrected chi connectivity index (χ4v) is 1.04. The van der Waals surface area contributed by atoms with Crippen LogP contribution in [0, 0.1) is 0 Å². The van der Waals surface area contributed by atoms with E-state index in [4.69, 9.17) is 0 Å². The van der Waals surface area contributed by atoms with Gasteiger partial charge in [-0.05, 0) is 32.8 Å². The molecule has 0 bridgehead atoms. The molecule has 0 aromatic rings. The second kappa shape index (κ2) is 9.27. The molecule has 0 saturated carbocycles. The number of rotatable bonds is 7. The third kappa shape index (κ3) is 8.27. The number of nitrogens with one attached hydrogen (secondary N) is 2. The van der Waals surface area contributed by atoms with Gasteiger partial charge in [-0.2, -0.15) is 11.8 Å². The Hall–Kier alpha value is 0.270. The van der Waals surface area contributed by atoms with Crippen LogP contribution in [-0.2, 0) is 0 Å². The first kappa shape index (κ1) is 10.3. The first-order valence-electron chi connectivity index (χ1n) is 3.76. The van der Waals surface area contributed by atoms with E-state index >= 15 is 0 Å². The fraction of sp³-hybridized carbons (Fsp3) is 1.00. The second-order valence-electron chi connectivity index (χ2n) is 2.20. The van der Waals surface area contributed by atoms with Crippen LogP contribution in [0.5, 0.6) is 0 Å². The van der Waals surface area contributed by atoms with Gasteiger partial charge >= 0.3 is 0 Å². The van der Waals surface area contributed by atoms with Crippen molar-refractivity contribution in [1.82, 2.24) is 10.6 Å². The van der Waals surface area contributed by atoms with Crippen LogP contribution in [0.3, 0.4) is 0 Å². The third-order valence-electron chi connectivity index (χ3n) is 1.26. The highest BCUT2D eigenvalue weighted by Gasteiger charge is 1.85. The van der Waals surface area contributed by atoms with Gasteiger partial charge in [-0.1, -0.05) is 0 Å². The molecular formula is C7H18N2S. The van der Waals surface area contributed by atoms with Crippen molar-refractivity contribution in [3.8, 4) is 0 Å². The first-order valence-corrected chi connectivity index (χ1v) is 5.15. The maximum atomic E-state index is 3.36. The molecule has 0 spiro atoms. The number of hydrogen-bond acceptors (Lipinski definition) is 3. The van der Waals surface area contributed by atoms with Crippen LogP contribution < -0.4 is 10.6 Å². The summed E-state index contributed by atoms with van der Waals surface area (Å²) in [5.74, 6) is 1.22. The minimum Gasteiger partial charge on any atom is -0.320 e. The molecule has 0 radical (unpaired) electrons. The minimum atomic E-state index is 1.12. The van der Waals surface area contributed by atoms with Crippen molar-refractivity contribution in [3.63, 3.8) is 0 Å². The molecule has 0 unspecified atom stereocenters. The zero-order chi connectivity index (χ0) is 7.66. The summed E-state index contributed by atoms with van der Waals surface area (Å²) in [6.45, 7) is 3.40. The Morgan fingerprint density at radius 1 is 1.20 bits per heavy atom. The summed E-state index contributed by atoms with van der Waals surface area (Å²) >= 11 is 1.89. The van der Waals surface area contributed by atoms with Gasteiger partial charge in [0.15, 0.2) is 0 Å². The van der Waals surface area contributed by atoms with Crippen LogP contribution in [0.4, 0.5) is 0 Å². The van der Waals surface area contributed by atoms with Crippen LogP contribution >= 0.6 is 11.8 Å². The van der Waals surface area contributed by atoms with E-state index in [9.17, 15) is 0 Å². The predicted molar refractivity (Wildman–Crippen MR) is 49.8 cm³/mol. The molecule has 0 rings (SSSR count). The Morgan fingerprint density at radius 3 is 2.60 bits per heavy atom. The summed E-state index contributed by atoms with van der Waals surface area (Å²) in [5.41, 5.74) is 0. The van der Waals surface area contributed by atoms with Crippen molar-refractivity contribution in [2.75, 3.05) is 38.7 Å². The molecule has 0 atom stereocenters. The lowest BCUT2D eigenvalue weighted by atomic mass is 10.4. The molecule has 0 aromatic heterocycles. The van der Waals surface area contributed by atoms with E-state index in [1.807, 2.05) is 18.8 Å². The highest BCUT2D eigenvalue weighted by atomic mass is 32.2. The smallest absolute Gasteiger partial charge is 0.00553 e. The minimum absolute atomic E-state index is 1.12. The monoisotopic (exact) mass is 162 g/mol. The van der Waals surface area contributed by atoms with E-state index in [2.05, 4.69) is 16.9 Å². The van der Waals surface area contributed by atoms with E-state index in [0.29, 0.717) is 0 Å². The molecular weight excluding hydrogens is 144 g/mol. The van der Waals surface area contributed by atoms with Gasteiger partial charge in [-0.25, -0.2) is 0 Å². The van der Waals surface area contributed by atoms with Crippen LogP contribution in [0.1, 0.15) is 6.42 Å². The molecule has 3 heteroatoms. The maximum absolute atomic E-state index is 3.36. The van der Waals surface area contributed by atoms with Crippen LogP contribution in [0.15, 0.2) is 0 Å². The summed E-state index contributed by atoms with van der Waals surface area (Å²) in [5, 5.41) is 6.47. The molecule has 0 saturated heterocycles. The van der Waals surface area contributed by atoms with Gasteiger partial charge in [0, 0.05) is 12.3 Å². The summed E-state index contributed by atoms with van der Waals surface area (Å²) in [4.78, 5) is 0. The predicted octanol–water partition coefficient (Wildman–Crippen LogP) is 0.549. The van der Waals surface area contributed by atoms with Crippen molar-refractivity contribution in [2.45, 2.75) is 6.42 Å². The highest BCUT2D eigenvalue weighted by Crippen LogP contribution is 1.86. The van der Waals surface area contributed by atoms with Gasteiger partial charge in [0.05, 0.1) is 0 Å². The molecule has 2 N–H and O–H groups in total. The lowest BCUT2D eigenvalue weighted by molar-refractivity contribution is 0.645. The van der Waals surface area contributed by atoms with Gasteiger partial charge in [-0.15, -0.1) is 0 Å². The fourth-order valence-electron chi connectivity index (χ4n) is 0.689. The molecule has 10 heavy (non-hydrogen) atoms.